The van der Waals surface area contributed by atoms with Crippen molar-refractivity contribution in [1.29, 1.82) is 0 Å². The lowest BCUT2D eigenvalue weighted by Crippen LogP contribution is -2.22. The molecule has 1 aliphatic carbocycles. The number of aromatic amines is 1. The van der Waals surface area contributed by atoms with Crippen LogP contribution < -0.4 is 4.90 Å². The Hall–Kier alpha value is -1.33. The van der Waals surface area contributed by atoms with Crippen molar-refractivity contribution in [2.24, 2.45) is 0 Å². The number of rotatable bonds is 4. The van der Waals surface area contributed by atoms with Crippen molar-refractivity contribution in [3.8, 4) is 0 Å². The van der Waals surface area contributed by atoms with Crippen molar-refractivity contribution in [2.75, 3.05) is 11.9 Å². The molecule has 1 aromatic carbocycles. The van der Waals surface area contributed by atoms with Gasteiger partial charge in [0.25, 0.3) is 0 Å². The fraction of sp³-hybridized carbons (Fsp3) is 0.467. The minimum Gasteiger partial charge on any atom is -0.340 e. The Morgan fingerprint density at radius 2 is 2.19 bits per heavy atom. The van der Waals surface area contributed by atoms with Crippen molar-refractivity contribution in [3.05, 3.63) is 39.6 Å². The van der Waals surface area contributed by atoms with E-state index < -0.39 is 0 Å². The van der Waals surface area contributed by atoms with Crippen molar-refractivity contribution in [3.63, 3.8) is 0 Å². The number of nitrogens with one attached hydrogen (secondary N) is 1. The van der Waals surface area contributed by atoms with Gasteiger partial charge in [0.05, 0.1) is 0 Å². The Morgan fingerprint density at radius 1 is 1.43 bits per heavy atom. The van der Waals surface area contributed by atoms with Crippen LogP contribution in [-0.2, 0) is 6.54 Å². The zero-order valence-electron chi connectivity index (χ0n) is 12.1. The highest BCUT2D eigenvalue weighted by Gasteiger charge is 2.22. The molecule has 112 valence electrons. The molecule has 0 unspecified atom stereocenters. The van der Waals surface area contributed by atoms with E-state index in [9.17, 15) is 0 Å². The zero-order valence-corrected chi connectivity index (χ0v) is 13.6. The van der Waals surface area contributed by atoms with E-state index >= 15 is 0 Å². The maximum absolute atomic E-state index is 6.05. The maximum atomic E-state index is 6.05. The Morgan fingerprint density at radius 3 is 2.90 bits per heavy atom. The van der Waals surface area contributed by atoms with Gasteiger partial charge in [-0.2, -0.15) is 0 Å². The second-order valence-electron chi connectivity index (χ2n) is 5.62. The largest absolute Gasteiger partial charge is 0.340 e. The molecule has 1 heterocycles. The van der Waals surface area contributed by atoms with Gasteiger partial charge in [-0.1, -0.05) is 36.6 Å². The van der Waals surface area contributed by atoms with Gasteiger partial charge in [-0.25, -0.2) is 5.10 Å². The first-order chi connectivity index (χ1) is 10.1. The summed E-state index contributed by atoms with van der Waals surface area (Å²) >= 11 is 11.5. The number of anilines is 1. The molecule has 0 spiro atoms. The molecule has 0 bridgehead atoms. The first-order valence-electron chi connectivity index (χ1n) is 7.27. The Bertz CT molecular complexity index is 672. The lowest BCUT2D eigenvalue weighted by atomic mass is 10.2. The number of hydrogen-bond donors (Lipinski definition) is 1. The lowest BCUT2D eigenvalue weighted by molar-refractivity contribution is 0.509. The third kappa shape index (κ3) is 3.14. The molecule has 2 aromatic rings. The van der Waals surface area contributed by atoms with Crippen LogP contribution in [0.3, 0.4) is 0 Å². The average molecular weight is 323 g/mol. The number of aromatic nitrogens is 3. The quantitative estimate of drug-likeness (QED) is 0.850. The van der Waals surface area contributed by atoms with Gasteiger partial charge >= 0.3 is 0 Å². The lowest BCUT2D eigenvalue weighted by Gasteiger charge is -2.22. The van der Waals surface area contributed by atoms with Crippen molar-refractivity contribution in [2.45, 2.75) is 38.3 Å². The van der Waals surface area contributed by atoms with Gasteiger partial charge in [-0.3, -0.25) is 4.57 Å². The molecular weight excluding hydrogens is 304 g/mol. The predicted molar refractivity (Wildman–Crippen MR) is 88.5 cm³/mol. The van der Waals surface area contributed by atoms with Crippen LogP contribution in [0.2, 0.25) is 5.02 Å². The Kier molecular flexibility index (Phi) is 4.31. The van der Waals surface area contributed by atoms with E-state index in [1.165, 1.54) is 25.7 Å². The summed E-state index contributed by atoms with van der Waals surface area (Å²) in [5.41, 5.74) is 1.16. The van der Waals surface area contributed by atoms with Crippen LogP contribution in [0, 0.1) is 4.77 Å². The summed E-state index contributed by atoms with van der Waals surface area (Å²) in [5.74, 6) is 0.909. The molecule has 0 radical (unpaired) electrons. The summed E-state index contributed by atoms with van der Waals surface area (Å²) in [4.78, 5) is 2.12. The first-order valence-corrected chi connectivity index (χ1v) is 8.06. The van der Waals surface area contributed by atoms with Crippen LogP contribution in [-0.4, -0.2) is 21.8 Å². The SMILES string of the molecule is CN(Cc1cccc(Cl)c1)c1n[nH]c(=S)n1C1CCCC1. The van der Waals surface area contributed by atoms with E-state index in [-0.39, 0.29) is 0 Å². The van der Waals surface area contributed by atoms with Gasteiger partial charge in [0.1, 0.15) is 0 Å². The highest BCUT2D eigenvalue weighted by molar-refractivity contribution is 7.71. The van der Waals surface area contributed by atoms with Gasteiger partial charge in [-0.05, 0) is 42.8 Å². The molecule has 0 aliphatic heterocycles. The van der Waals surface area contributed by atoms with Crippen molar-refractivity contribution >= 4 is 29.8 Å². The van der Waals surface area contributed by atoms with Gasteiger partial charge in [-0.15, -0.1) is 5.10 Å². The number of benzene rings is 1. The van der Waals surface area contributed by atoms with E-state index in [1.54, 1.807) is 0 Å². The topological polar surface area (TPSA) is 36.9 Å². The molecule has 1 N–H and O–H groups in total. The van der Waals surface area contributed by atoms with E-state index in [0.29, 0.717) is 6.04 Å². The van der Waals surface area contributed by atoms with Crippen molar-refractivity contribution < 1.29 is 0 Å². The molecule has 1 fully saturated rings. The maximum Gasteiger partial charge on any atom is 0.226 e. The number of hydrogen-bond acceptors (Lipinski definition) is 3. The van der Waals surface area contributed by atoms with E-state index in [4.69, 9.17) is 23.8 Å². The van der Waals surface area contributed by atoms with Gasteiger partial charge < -0.3 is 4.90 Å². The number of halogens is 1. The summed E-state index contributed by atoms with van der Waals surface area (Å²) in [6.07, 6.45) is 4.92. The van der Waals surface area contributed by atoms with Crippen LogP contribution >= 0.6 is 23.8 Å². The van der Waals surface area contributed by atoms with E-state index in [0.717, 1.165) is 27.9 Å². The minimum atomic E-state index is 0.480. The fourth-order valence-electron chi connectivity index (χ4n) is 3.04. The summed E-state index contributed by atoms with van der Waals surface area (Å²) in [6, 6.07) is 8.40. The molecular formula is C15H19ClN4S. The highest BCUT2D eigenvalue weighted by Crippen LogP contribution is 2.32. The minimum absolute atomic E-state index is 0.480. The van der Waals surface area contributed by atoms with Crippen molar-refractivity contribution in [1.82, 2.24) is 14.8 Å². The van der Waals surface area contributed by atoms with Gasteiger partial charge in [0.2, 0.25) is 5.95 Å². The third-order valence-corrected chi connectivity index (χ3v) is 4.55. The van der Waals surface area contributed by atoms with Gasteiger partial charge in [0.15, 0.2) is 4.77 Å². The predicted octanol–water partition coefficient (Wildman–Crippen LogP) is 4.35. The van der Waals surface area contributed by atoms with Crippen LogP contribution in [0.15, 0.2) is 24.3 Å². The van der Waals surface area contributed by atoms with Crippen LogP contribution in [0.25, 0.3) is 0 Å². The Balaban J connectivity index is 1.84. The monoisotopic (exact) mass is 322 g/mol. The van der Waals surface area contributed by atoms with Crippen LogP contribution in [0.4, 0.5) is 5.95 Å². The molecule has 0 amide bonds. The molecule has 0 atom stereocenters. The Labute approximate surface area is 134 Å². The molecule has 1 saturated carbocycles. The summed E-state index contributed by atoms with van der Waals surface area (Å²) in [6.45, 7) is 0.757. The summed E-state index contributed by atoms with van der Waals surface area (Å²) in [5, 5.41) is 8.12. The molecule has 21 heavy (non-hydrogen) atoms. The normalized spacial score (nSPS) is 15.5. The van der Waals surface area contributed by atoms with Crippen LogP contribution in [0.5, 0.6) is 0 Å². The smallest absolute Gasteiger partial charge is 0.226 e. The molecule has 1 aromatic heterocycles. The van der Waals surface area contributed by atoms with Crippen LogP contribution in [0.1, 0.15) is 37.3 Å². The average Bonchev–Trinajstić information content (AvgIpc) is 3.07. The third-order valence-electron chi connectivity index (χ3n) is 4.03. The molecule has 4 nitrogen and oxygen atoms in total. The highest BCUT2D eigenvalue weighted by atomic mass is 35.5. The van der Waals surface area contributed by atoms with E-state index in [1.807, 2.05) is 25.2 Å². The first kappa shape index (κ1) is 14.6. The second kappa shape index (κ2) is 6.20. The van der Waals surface area contributed by atoms with E-state index in [2.05, 4.69) is 25.7 Å². The molecule has 0 saturated heterocycles. The number of nitrogens with zero attached hydrogens (tertiary/aromatic N) is 3. The van der Waals surface area contributed by atoms with Gasteiger partial charge in [0, 0.05) is 24.7 Å². The number of H-pyrrole nitrogens is 1. The fourth-order valence-corrected chi connectivity index (χ4v) is 3.53. The molecule has 6 heteroatoms. The standard InChI is InChI=1S/C15H19ClN4S/c1-19(10-11-5-4-6-12(16)9-11)14-17-18-15(21)20(14)13-7-2-3-8-13/h4-6,9,13H,2-3,7-8,10H2,1H3,(H,18,21). The summed E-state index contributed by atoms with van der Waals surface area (Å²) < 4.78 is 2.89. The second-order valence-corrected chi connectivity index (χ2v) is 6.45. The molecule has 3 rings (SSSR count). The zero-order chi connectivity index (χ0) is 14.8. The molecule has 1 aliphatic rings. The summed E-state index contributed by atoms with van der Waals surface area (Å²) in [7, 11) is 2.04.